The van der Waals surface area contributed by atoms with Gasteiger partial charge in [-0.05, 0) is 37.6 Å². The van der Waals surface area contributed by atoms with E-state index in [9.17, 15) is 9.90 Å². The second-order valence-electron chi connectivity index (χ2n) is 6.13. The highest BCUT2D eigenvalue weighted by molar-refractivity contribution is 6.09. The molecule has 5 heteroatoms. The van der Waals surface area contributed by atoms with Crippen LogP contribution in [0.3, 0.4) is 0 Å². The van der Waals surface area contributed by atoms with Crippen LogP contribution in [0.25, 0.3) is 11.0 Å². The van der Waals surface area contributed by atoms with Crippen LogP contribution in [0.4, 0.5) is 5.69 Å². The van der Waals surface area contributed by atoms with Gasteiger partial charge < -0.3 is 10.1 Å². The minimum absolute atomic E-state index is 0.177. The molecular formula is C19H17N3O2. The molecule has 2 N–H and O–H groups in total. The molecule has 0 fully saturated rings. The Morgan fingerprint density at radius 3 is 2.79 bits per heavy atom. The zero-order valence-electron chi connectivity index (χ0n) is 13.4. The number of aromatic nitrogens is 2. The van der Waals surface area contributed by atoms with Gasteiger partial charge in [0.2, 0.25) is 0 Å². The number of aliphatic hydroxyl groups excluding tert-OH is 1. The molecule has 24 heavy (non-hydrogen) atoms. The third kappa shape index (κ3) is 2.09. The number of anilines is 1. The van der Waals surface area contributed by atoms with E-state index in [1.807, 2.05) is 49.4 Å². The Kier molecular flexibility index (Phi) is 3.16. The number of aliphatic hydroxyl groups is 1. The monoisotopic (exact) mass is 319 g/mol. The number of benzene rings is 2. The van der Waals surface area contributed by atoms with Gasteiger partial charge in [-0.25, -0.2) is 4.98 Å². The summed E-state index contributed by atoms with van der Waals surface area (Å²) >= 11 is 0. The van der Waals surface area contributed by atoms with E-state index in [0.29, 0.717) is 5.57 Å². The molecule has 1 amide bonds. The summed E-state index contributed by atoms with van der Waals surface area (Å²) in [5.41, 5.74) is 5.16. The van der Waals surface area contributed by atoms with Crippen molar-refractivity contribution in [2.75, 3.05) is 4.90 Å². The minimum atomic E-state index is -0.381. The van der Waals surface area contributed by atoms with Crippen molar-refractivity contribution in [3.63, 3.8) is 0 Å². The highest BCUT2D eigenvalue weighted by Gasteiger charge is 2.39. The van der Waals surface area contributed by atoms with E-state index in [0.717, 1.165) is 27.8 Å². The van der Waals surface area contributed by atoms with E-state index < -0.39 is 0 Å². The zero-order valence-corrected chi connectivity index (χ0v) is 13.4. The van der Waals surface area contributed by atoms with Crippen LogP contribution < -0.4 is 4.90 Å². The Morgan fingerprint density at radius 1 is 1.17 bits per heavy atom. The average molecular weight is 319 g/mol. The van der Waals surface area contributed by atoms with Gasteiger partial charge in [0.05, 0.1) is 23.4 Å². The van der Waals surface area contributed by atoms with Crippen LogP contribution in [0.1, 0.15) is 24.1 Å². The van der Waals surface area contributed by atoms with E-state index in [4.69, 9.17) is 0 Å². The summed E-state index contributed by atoms with van der Waals surface area (Å²) in [5.74, 6) is -0.558. The first-order valence-corrected chi connectivity index (χ1v) is 7.79. The number of fused-ring (bicyclic) bond motifs is 1. The van der Waals surface area contributed by atoms with Crippen molar-refractivity contribution in [1.29, 1.82) is 0 Å². The number of H-pyrrole nitrogens is 1. The first kappa shape index (κ1) is 14.5. The number of amides is 1. The van der Waals surface area contributed by atoms with Crippen molar-refractivity contribution in [1.82, 2.24) is 9.97 Å². The molecule has 5 nitrogen and oxygen atoms in total. The largest absolute Gasteiger partial charge is 0.503 e. The fraction of sp³-hybridized carbons (Fsp3) is 0.158. The van der Waals surface area contributed by atoms with Crippen LogP contribution in [0, 0.1) is 6.92 Å². The predicted octanol–water partition coefficient (Wildman–Crippen LogP) is 3.79. The number of nitrogens with zero attached hydrogens (tertiary/aromatic N) is 2. The minimum Gasteiger partial charge on any atom is -0.503 e. The maximum Gasteiger partial charge on any atom is 0.293 e. The molecule has 0 bridgehead atoms. The van der Waals surface area contributed by atoms with Gasteiger partial charge in [0.25, 0.3) is 5.91 Å². The van der Waals surface area contributed by atoms with Gasteiger partial charge in [-0.3, -0.25) is 9.69 Å². The van der Waals surface area contributed by atoms with Gasteiger partial charge in [0.15, 0.2) is 5.76 Å². The molecule has 4 rings (SSSR count). The third-order valence-corrected chi connectivity index (χ3v) is 4.50. The maximum atomic E-state index is 12.6. The molecule has 3 aromatic rings. The van der Waals surface area contributed by atoms with Gasteiger partial charge in [0, 0.05) is 11.3 Å². The highest BCUT2D eigenvalue weighted by atomic mass is 16.3. The summed E-state index contributed by atoms with van der Waals surface area (Å²) in [6.45, 7) is 3.81. The summed E-state index contributed by atoms with van der Waals surface area (Å²) in [6, 6.07) is 13.3. The molecule has 0 aliphatic carbocycles. The fourth-order valence-electron chi connectivity index (χ4n) is 3.30. The second-order valence-corrected chi connectivity index (χ2v) is 6.13. The lowest BCUT2D eigenvalue weighted by Crippen LogP contribution is -2.30. The van der Waals surface area contributed by atoms with Crippen molar-refractivity contribution < 1.29 is 9.90 Å². The normalized spacial score (nSPS) is 18.0. The molecule has 0 saturated carbocycles. The molecule has 1 atom stereocenters. The lowest BCUT2D eigenvalue weighted by molar-refractivity contribution is -0.117. The van der Waals surface area contributed by atoms with Crippen molar-refractivity contribution >= 4 is 22.6 Å². The smallest absolute Gasteiger partial charge is 0.293 e. The molecule has 1 aliphatic heterocycles. The first-order chi connectivity index (χ1) is 11.6. The number of hydrogen-bond acceptors (Lipinski definition) is 3. The van der Waals surface area contributed by atoms with E-state index in [1.54, 1.807) is 18.2 Å². The van der Waals surface area contributed by atoms with Crippen LogP contribution >= 0.6 is 0 Å². The van der Waals surface area contributed by atoms with Crippen LogP contribution in [0.5, 0.6) is 0 Å². The van der Waals surface area contributed by atoms with E-state index in [-0.39, 0.29) is 17.7 Å². The van der Waals surface area contributed by atoms with Gasteiger partial charge in [-0.2, -0.15) is 0 Å². The van der Waals surface area contributed by atoms with Crippen LogP contribution in [-0.4, -0.2) is 21.0 Å². The number of carbonyl (C=O) groups is 1. The van der Waals surface area contributed by atoms with Gasteiger partial charge in [-0.15, -0.1) is 0 Å². The Hall–Kier alpha value is -3.08. The number of hydrogen-bond donors (Lipinski definition) is 2. The number of imidazole rings is 1. The number of nitrogens with one attached hydrogen (secondary N) is 1. The van der Waals surface area contributed by atoms with Crippen molar-refractivity contribution in [3.05, 3.63) is 71.3 Å². The van der Waals surface area contributed by atoms with Crippen LogP contribution in [-0.2, 0) is 4.79 Å². The molecular weight excluding hydrogens is 302 g/mol. The van der Waals surface area contributed by atoms with E-state index >= 15 is 0 Å². The quantitative estimate of drug-likeness (QED) is 0.755. The fourth-order valence-corrected chi connectivity index (χ4v) is 3.30. The molecule has 120 valence electrons. The molecule has 1 unspecified atom stereocenters. The summed E-state index contributed by atoms with van der Waals surface area (Å²) < 4.78 is 0. The highest BCUT2D eigenvalue weighted by Crippen LogP contribution is 2.40. The molecule has 1 aliphatic rings. The SMILES string of the molecule is CC1=C(O)C(=O)N(c2ccc3[nH]cnc3c2)C1c1cccc(C)c1. The summed E-state index contributed by atoms with van der Waals surface area (Å²) in [4.78, 5) is 21.6. The molecule has 0 radical (unpaired) electrons. The summed E-state index contributed by atoms with van der Waals surface area (Å²) in [7, 11) is 0. The number of rotatable bonds is 2. The number of aromatic amines is 1. The van der Waals surface area contributed by atoms with Crippen LogP contribution in [0.15, 0.2) is 60.1 Å². The zero-order chi connectivity index (χ0) is 16.8. The molecule has 0 saturated heterocycles. The second kappa shape index (κ2) is 5.23. The van der Waals surface area contributed by atoms with Crippen molar-refractivity contribution in [2.45, 2.75) is 19.9 Å². The first-order valence-electron chi connectivity index (χ1n) is 7.79. The van der Waals surface area contributed by atoms with Crippen LogP contribution in [0.2, 0.25) is 0 Å². The van der Waals surface area contributed by atoms with Gasteiger partial charge in [0.1, 0.15) is 0 Å². The van der Waals surface area contributed by atoms with E-state index in [2.05, 4.69) is 9.97 Å². The Bertz CT molecular complexity index is 987. The predicted molar refractivity (Wildman–Crippen MR) is 92.8 cm³/mol. The maximum absolute atomic E-state index is 12.6. The standard InChI is InChI=1S/C19H17N3O2/c1-11-4-3-5-13(8-11)17-12(2)18(23)19(24)22(17)14-6-7-15-16(9-14)21-10-20-15/h3-10,17,23H,1-2H3,(H,20,21). The topological polar surface area (TPSA) is 69.2 Å². The lowest BCUT2D eigenvalue weighted by atomic mass is 9.98. The Balaban J connectivity index is 1.86. The summed E-state index contributed by atoms with van der Waals surface area (Å²) in [6.07, 6.45) is 1.62. The molecule has 2 heterocycles. The Morgan fingerprint density at radius 2 is 2.00 bits per heavy atom. The molecule has 0 spiro atoms. The van der Waals surface area contributed by atoms with Gasteiger partial charge in [-0.1, -0.05) is 29.8 Å². The third-order valence-electron chi connectivity index (χ3n) is 4.50. The average Bonchev–Trinajstić information content (AvgIpc) is 3.12. The van der Waals surface area contributed by atoms with Gasteiger partial charge >= 0.3 is 0 Å². The number of carbonyl (C=O) groups excluding carboxylic acids is 1. The summed E-state index contributed by atoms with van der Waals surface area (Å²) in [5, 5.41) is 10.2. The Labute approximate surface area is 139 Å². The molecule has 1 aromatic heterocycles. The number of aryl methyl sites for hydroxylation is 1. The molecule has 2 aromatic carbocycles. The lowest BCUT2D eigenvalue weighted by Gasteiger charge is -2.26. The van der Waals surface area contributed by atoms with E-state index in [1.165, 1.54) is 0 Å². The van der Waals surface area contributed by atoms with Crippen molar-refractivity contribution in [2.24, 2.45) is 0 Å². The van der Waals surface area contributed by atoms with Crippen molar-refractivity contribution in [3.8, 4) is 0 Å².